The van der Waals surface area contributed by atoms with Crippen molar-refractivity contribution in [2.24, 2.45) is 17.8 Å². The van der Waals surface area contributed by atoms with Gasteiger partial charge in [0, 0.05) is 25.0 Å². The molecular formula is C25H38N2O2. The molecule has 0 radical (unpaired) electrons. The van der Waals surface area contributed by atoms with Crippen molar-refractivity contribution >= 4 is 5.91 Å². The summed E-state index contributed by atoms with van der Waals surface area (Å²) in [5.74, 6) is 1.02. The highest BCUT2D eigenvalue weighted by Crippen LogP contribution is 2.47. The summed E-state index contributed by atoms with van der Waals surface area (Å²) < 4.78 is 0. The van der Waals surface area contributed by atoms with E-state index in [9.17, 15) is 9.90 Å². The number of nitrogens with one attached hydrogen (secondary N) is 1. The van der Waals surface area contributed by atoms with Gasteiger partial charge in [0.1, 0.15) is 0 Å². The van der Waals surface area contributed by atoms with Gasteiger partial charge in [-0.1, -0.05) is 75.8 Å². The third kappa shape index (κ3) is 4.39. The minimum Gasteiger partial charge on any atom is -0.375 e. The first kappa shape index (κ1) is 20.9. The highest BCUT2D eigenvalue weighted by molar-refractivity contribution is 5.87. The van der Waals surface area contributed by atoms with Crippen LogP contribution in [0.3, 0.4) is 0 Å². The zero-order valence-corrected chi connectivity index (χ0v) is 18.0. The Morgan fingerprint density at radius 1 is 1.07 bits per heavy atom. The van der Waals surface area contributed by atoms with Gasteiger partial charge >= 0.3 is 0 Å². The number of unbranched alkanes of at least 4 members (excludes halogenated alkanes) is 3. The van der Waals surface area contributed by atoms with Gasteiger partial charge in [0.2, 0.25) is 0 Å². The first-order valence-electron chi connectivity index (χ1n) is 12.0. The number of carbonyl (C=O) groups is 1. The first-order chi connectivity index (χ1) is 14.1. The summed E-state index contributed by atoms with van der Waals surface area (Å²) in [7, 11) is 0. The lowest BCUT2D eigenvalue weighted by molar-refractivity contribution is -0.149. The monoisotopic (exact) mass is 398 g/mol. The van der Waals surface area contributed by atoms with E-state index in [4.69, 9.17) is 0 Å². The van der Waals surface area contributed by atoms with Crippen LogP contribution in [0.4, 0.5) is 0 Å². The van der Waals surface area contributed by atoms with Gasteiger partial charge in [-0.3, -0.25) is 4.79 Å². The van der Waals surface area contributed by atoms with Gasteiger partial charge in [0.15, 0.2) is 5.60 Å². The summed E-state index contributed by atoms with van der Waals surface area (Å²) in [5, 5.41) is 15.0. The zero-order valence-electron chi connectivity index (χ0n) is 18.0. The van der Waals surface area contributed by atoms with Crippen LogP contribution in [0.1, 0.15) is 70.3 Å². The maximum atomic E-state index is 13.4. The van der Waals surface area contributed by atoms with E-state index < -0.39 is 5.60 Å². The molecule has 2 aliphatic carbocycles. The fraction of sp³-hybridized carbons (Fsp3) is 0.720. The Morgan fingerprint density at radius 2 is 1.76 bits per heavy atom. The number of carbonyl (C=O) groups excluding carboxylic acids is 1. The summed E-state index contributed by atoms with van der Waals surface area (Å²) in [5.41, 5.74) is -0.633. The number of nitrogens with zero attached hydrogens (tertiary/aromatic N) is 1. The van der Waals surface area contributed by atoms with Crippen molar-refractivity contribution in [3.05, 3.63) is 35.9 Å². The highest BCUT2D eigenvalue weighted by Gasteiger charge is 2.58. The third-order valence-corrected chi connectivity index (χ3v) is 7.65. The molecule has 1 saturated heterocycles. The number of aliphatic hydroxyl groups is 1. The third-order valence-electron chi connectivity index (χ3n) is 7.65. The molecule has 0 aromatic heterocycles. The van der Waals surface area contributed by atoms with Crippen molar-refractivity contribution < 1.29 is 9.90 Å². The van der Waals surface area contributed by atoms with Crippen molar-refractivity contribution in [2.75, 3.05) is 19.6 Å². The van der Waals surface area contributed by atoms with Gasteiger partial charge in [-0.25, -0.2) is 0 Å². The lowest BCUT2D eigenvalue weighted by atomic mass is 9.73. The van der Waals surface area contributed by atoms with Gasteiger partial charge in [-0.2, -0.15) is 0 Å². The molecule has 1 aromatic rings. The van der Waals surface area contributed by atoms with Gasteiger partial charge in [-0.05, 0) is 43.2 Å². The number of likely N-dealkylation sites (tertiary alicyclic amines) is 1. The Labute approximate surface area is 176 Å². The van der Waals surface area contributed by atoms with Crippen LogP contribution in [-0.4, -0.2) is 41.6 Å². The molecule has 1 heterocycles. The molecule has 1 amide bonds. The van der Waals surface area contributed by atoms with Crippen molar-refractivity contribution in [1.29, 1.82) is 0 Å². The summed E-state index contributed by atoms with van der Waals surface area (Å²) in [6.07, 6.45) is 10.5. The highest BCUT2D eigenvalue weighted by atomic mass is 16.3. The largest absolute Gasteiger partial charge is 0.375 e. The Kier molecular flexibility index (Phi) is 6.60. The lowest BCUT2D eigenvalue weighted by Gasteiger charge is -2.38. The molecule has 4 heteroatoms. The minimum atomic E-state index is -1.39. The second-order valence-electron chi connectivity index (χ2n) is 9.61. The summed E-state index contributed by atoms with van der Waals surface area (Å²) >= 11 is 0. The van der Waals surface area contributed by atoms with Crippen LogP contribution in [0.2, 0.25) is 0 Å². The Morgan fingerprint density at radius 3 is 2.41 bits per heavy atom. The molecule has 3 fully saturated rings. The SMILES string of the molecule is CCCCCCN1CC2C(NC(=O)C(O)(c3ccccc3)C3CCCCC3)[C@@H]2C1. The second kappa shape index (κ2) is 9.18. The smallest absolute Gasteiger partial charge is 0.257 e. The second-order valence-corrected chi connectivity index (χ2v) is 9.61. The number of piperidine rings is 1. The molecule has 3 aliphatic rings. The first-order valence-corrected chi connectivity index (χ1v) is 12.0. The molecule has 1 aromatic carbocycles. The number of hydrogen-bond acceptors (Lipinski definition) is 3. The standard InChI is InChI=1S/C25H38N2O2/c1-2-3-4-11-16-27-17-21-22(18-27)23(21)26-24(28)25(29,19-12-7-5-8-13-19)20-14-9-6-10-15-20/h5,7-8,12-13,20-23,29H,2-4,6,9-11,14-18H2,1H3,(H,26,28)/t21-,22?,23?,25?/m1/s1. The quantitative estimate of drug-likeness (QED) is 0.616. The number of hydrogen-bond donors (Lipinski definition) is 2. The molecule has 2 saturated carbocycles. The Balaban J connectivity index is 1.36. The van der Waals surface area contributed by atoms with E-state index in [2.05, 4.69) is 17.1 Å². The predicted molar refractivity (Wildman–Crippen MR) is 116 cm³/mol. The van der Waals surface area contributed by atoms with Gasteiger partial charge in [-0.15, -0.1) is 0 Å². The average molecular weight is 399 g/mol. The van der Waals surface area contributed by atoms with E-state index in [0.29, 0.717) is 11.8 Å². The van der Waals surface area contributed by atoms with Crippen molar-refractivity contribution in [2.45, 2.75) is 76.4 Å². The maximum absolute atomic E-state index is 13.4. The Bertz CT molecular complexity index is 661. The summed E-state index contributed by atoms with van der Waals surface area (Å²) in [6.45, 7) is 5.66. The van der Waals surface area contributed by atoms with Crippen LogP contribution in [-0.2, 0) is 10.4 Å². The van der Waals surface area contributed by atoms with E-state index in [1.807, 2.05) is 30.3 Å². The molecule has 160 valence electrons. The molecule has 2 N–H and O–H groups in total. The molecule has 4 atom stereocenters. The Hall–Kier alpha value is -1.39. The number of benzene rings is 1. The van der Waals surface area contributed by atoms with Crippen LogP contribution in [0, 0.1) is 17.8 Å². The van der Waals surface area contributed by atoms with E-state index in [1.54, 1.807) is 0 Å². The average Bonchev–Trinajstić information content (AvgIpc) is 3.20. The molecule has 29 heavy (non-hydrogen) atoms. The van der Waals surface area contributed by atoms with Crippen molar-refractivity contribution in [3.8, 4) is 0 Å². The maximum Gasteiger partial charge on any atom is 0.257 e. The molecule has 3 unspecified atom stereocenters. The summed E-state index contributed by atoms with van der Waals surface area (Å²) in [4.78, 5) is 16.0. The van der Waals surface area contributed by atoms with Gasteiger partial charge < -0.3 is 15.3 Å². The van der Waals surface area contributed by atoms with Crippen LogP contribution >= 0.6 is 0 Å². The number of rotatable bonds is 9. The molecule has 0 bridgehead atoms. The number of amides is 1. The fourth-order valence-corrected chi connectivity index (χ4v) is 5.80. The molecule has 0 spiro atoms. The van der Waals surface area contributed by atoms with Crippen LogP contribution in [0.5, 0.6) is 0 Å². The predicted octanol–water partition coefficient (Wildman–Crippen LogP) is 4.08. The minimum absolute atomic E-state index is 0.0207. The van der Waals surface area contributed by atoms with Crippen LogP contribution < -0.4 is 5.32 Å². The van der Waals surface area contributed by atoms with E-state index >= 15 is 0 Å². The molecule has 4 rings (SSSR count). The molecule has 1 aliphatic heterocycles. The van der Waals surface area contributed by atoms with E-state index in [0.717, 1.165) is 44.3 Å². The van der Waals surface area contributed by atoms with Crippen molar-refractivity contribution in [1.82, 2.24) is 10.2 Å². The normalized spacial score (nSPS) is 29.2. The number of fused-ring (bicyclic) bond motifs is 1. The van der Waals surface area contributed by atoms with E-state index in [1.165, 1.54) is 38.6 Å². The molecular weight excluding hydrogens is 360 g/mol. The molecule has 4 nitrogen and oxygen atoms in total. The van der Waals surface area contributed by atoms with Crippen molar-refractivity contribution in [3.63, 3.8) is 0 Å². The fourth-order valence-electron chi connectivity index (χ4n) is 5.80. The van der Waals surface area contributed by atoms with Crippen LogP contribution in [0.25, 0.3) is 0 Å². The van der Waals surface area contributed by atoms with Gasteiger partial charge in [0.05, 0.1) is 0 Å². The lowest BCUT2D eigenvalue weighted by Crippen LogP contribution is -2.51. The topological polar surface area (TPSA) is 52.6 Å². The van der Waals surface area contributed by atoms with Crippen LogP contribution in [0.15, 0.2) is 30.3 Å². The summed E-state index contributed by atoms with van der Waals surface area (Å²) in [6, 6.07) is 9.90. The van der Waals surface area contributed by atoms with E-state index in [-0.39, 0.29) is 17.9 Å². The zero-order chi connectivity index (χ0) is 20.3. The van der Waals surface area contributed by atoms with Gasteiger partial charge in [0.25, 0.3) is 5.91 Å².